The van der Waals surface area contributed by atoms with Gasteiger partial charge in [-0.3, -0.25) is 9.59 Å². The molecule has 12 nitrogen and oxygen atoms in total. The van der Waals surface area contributed by atoms with E-state index in [-0.39, 0.29) is 22.8 Å². The van der Waals surface area contributed by atoms with Crippen molar-refractivity contribution in [3.05, 3.63) is 22.0 Å². The van der Waals surface area contributed by atoms with Crippen LogP contribution in [-0.4, -0.2) is 102 Å². The van der Waals surface area contributed by atoms with Gasteiger partial charge in [0.15, 0.2) is 6.10 Å². The Hall–Kier alpha value is -2.61. The lowest BCUT2D eigenvalue weighted by Crippen LogP contribution is -2.62. The molecule has 3 amide bonds. The van der Waals surface area contributed by atoms with E-state index in [2.05, 4.69) is 10.2 Å². The second-order valence-corrected chi connectivity index (χ2v) is 11.3. The molecule has 3 fully saturated rings. The van der Waals surface area contributed by atoms with Gasteiger partial charge in [-0.25, -0.2) is 9.59 Å². The number of methoxy groups -OCH3 is 1. The molecule has 3 heterocycles. The van der Waals surface area contributed by atoms with E-state index >= 15 is 0 Å². The molecule has 1 aliphatic carbocycles. The number of hydrogen-bond acceptors (Lipinski definition) is 8. The fourth-order valence-electron chi connectivity index (χ4n) is 5.93. The monoisotopic (exact) mass is 526 g/mol. The quantitative estimate of drug-likeness (QED) is 0.239. The maximum absolute atomic E-state index is 12.5. The number of aliphatic carboxylic acids is 1. The molecule has 0 spiro atoms. The van der Waals surface area contributed by atoms with Gasteiger partial charge in [0.25, 0.3) is 5.91 Å². The summed E-state index contributed by atoms with van der Waals surface area (Å²) in [7, 11) is 1.63. The van der Waals surface area contributed by atoms with E-state index in [1.54, 1.807) is 24.2 Å². The number of ether oxygens (including phenoxy) is 1. The molecule has 13 heteroatoms. The van der Waals surface area contributed by atoms with Crippen LogP contribution in [0.15, 0.2) is 22.0 Å². The molecule has 2 bridgehead atoms. The van der Waals surface area contributed by atoms with Gasteiger partial charge in [0.1, 0.15) is 5.60 Å². The van der Waals surface area contributed by atoms with Crippen LogP contribution in [0.1, 0.15) is 25.7 Å². The van der Waals surface area contributed by atoms with Crippen molar-refractivity contribution in [1.82, 2.24) is 15.1 Å². The first-order chi connectivity index (χ1) is 17.2. The molecular formula is C23H34N4O8S. The van der Waals surface area contributed by atoms with Gasteiger partial charge in [-0.15, -0.1) is 0 Å². The summed E-state index contributed by atoms with van der Waals surface area (Å²) >= 11 is -1.95. The van der Waals surface area contributed by atoms with Crippen LogP contribution >= 0.6 is 11.2 Å². The summed E-state index contributed by atoms with van der Waals surface area (Å²) < 4.78 is 11.9. The number of urea groups is 1. The molecule has 200 valence electrons. The summed E-state index contributed by atoms with van der Waals surface area (Å²) in [6.07, 6.45) is 3.45. The van der Waals surface area contributed by atoms with E-state index in [1.807, 2.05) is 0 Å². The lowest BCUT2D eigenvalue weighted by Gasteiger charge is -2.56. The lowest BCUT2D eigenvalue weighted by atomic mass is 9.65. The van der Waals surface area contributed by atoms with Crippen LogP contribution in [0.5, 0.6) is 0 Å². The number of aliphatic hydroxyl groups excluding tert-OH is 1. The summed E-state index contributed by atoms with van der Waals surface area (Å²) in [6, 6.07) is -0.0416. The minimum Gasteiger partial charge on any atom is -0.479 e. The van der Waals surface area contributed by atoms with Crippen molar-refractivity contribution in [2.45, 2.75) is 37.4 Å². The number of aliphatic hydroxyl groups is 1. The number of carboxylic acid groups (broad SMARTS) is 1. The molecule has 4 aliphatic rings. The normalized spacial score (nSPS) is 31.9. The molecule has 0 radical (unpaired) electrons. The average Bonchev–Trinajstić information content (AvgIpc) is 3.42. The molecule has 5 atom stereocenters. The van der Waals surface area contributed by atoms with Crippen molar-refractivity contribution in [2.75, 3.05) is 46.4 Å². The van der Waals surface area contributed by atoms with Crippen molar-refractivity contribution in [3.63, 3.8) is 0 Å². The Morgan fingerprint density at radius 3 is 2.50 bits per heavy atom. The second kappa shape index (κ2) is 10.8. The smallest absolute Gasteiger partial charge is 0.333 e. The SMILES string of the molecule is CO[C@@]1(C2=CC=C(C(N)=O)[SH]2OC(=O)C[C@H](O)C(=O)O)[C@@H]2CCC[C@H]1CN(CCN1CCNC1=O)C2. The Morgan fingerprint density at radius 2 is 1.94 bits per heavy atom. The molecule has 1 saturated carbocycles. The number of thiol groups is 1. The molecular weight excluding hydrogens is 492 g/mol. The molecule has 0 aromatic carbocycles. The van der Waals surface area contributed by atoms with Crippen LogP contribution in [0.2, 0.25) is 0 Å². The third kappa shape index (κ3) is 4.97. The van der Waals surface area contributed by atoms with Crippen LogP contribution < -0.4 is 11.1 Å². The van der Waals surface area contributed by atoms with Crippen molar-refractivity contribution >= 4 is 35.1 Å². The highest BCUT2D eigenvalue weighted by molar-refractivity contribution is 8.21. The number of hydrogen-bond donors (Lipinski definition) is 5. The number of carboxylic acids is 1. The number of allylic oxidation sites excluding steroid dienone is 2. The average molecular weight is 527 g/mol. The zero-order valence-electron chi connectivity index (χ0n) is 20.2. The number of amides is 3. The number of primary amides is 1. The topological polar surface area (TPSA) is 172 Å². The number of rotatable bonds is 10. The summed E-state index contributed by atoms with van der Waals surface area (Å²) in [5.41, 5.74) is 4.82. The van der Waals surface area contributed by atoms with Crippen molar-refractivity contribution in [2.24, 2.45) is 17.6 Å². The number of carbonyl (C=O) groups is 4. The molecule has 3 aliphatic heterocycles. The fourth-order valence-corrected chi connectivity index (χ4v) is 8.06. The summed E-state index contributed by atoms with van der Waals surface area (Å²) in [5, 5.41) is 21.3. The number of carbonyl (C=O) groups excluding carboxylic acids is 3. The van der Waals surface area contributed by atoms with Crippen LogP contribution in [0.3, 0.4) is 0 Å². The molecule has 0 aromatic rings. The predicted octanol–water partition coefficient (Wildman–Crippen LogP) is -0.310. The van der Waals surface area contributed by atoms with Gasteiger partial charge in [-0.1, -0.05) is 6.42 Å². The number of piperidine rings is 1. The maximum Gasteiger partial charge on any atom is 0.333 e. The number of nitrogens with two attached hydrogens (primary N) is 1. The molecule has 1 unspecified atom stereocenters. The number of nitrogens with zero attached hydrogens (tertiary/aromatic N) is 2. The summed E-state index contributed by atoms with van der Waals surface area (Å²) in [5.74, 6) is -3.06. The Labute approximate surface area is 212 Å². The second-order valence-electron chi connectivity index (χ2n) is 9.58. The Morgan fingerprint density at radius 1 is 1.25 bits per heavy atom. The first-order valence-corrected chi connectivity index (χ1v) is 13.4. The number of likely N-dealkylation sites (tertiary alicyclic amines) is 1. The van der Waals surface area contributed by atoms with Gasteiger partial charge in [0.2, 0.25) is 0 Å². The van der Waals surface area contributed by atoms with Gasteiger partial charge in [0.05, 0.1) is 11.3 Å². The van der Waals surface area contributed by atoms with E-state index in [0.29, 0.717) is 24.5 Å². The molecule has 5 N–H and O–H groups in total. The lowest BCUT2D eigenvalue weighted by molar-refractivity contribution is -0.151. The van der Waals surface area contributed by atoms with Crippen molar-refractivity contribution < 1.29 is 38.3 Å². The van der Waals surface area contributed by atoms with E-state index in [1.165, 1.54) is 0 Å². The van der Waals surface area contributed by atoms with Gasteiger partial charge in [-0.05, 0) is 36.2 Å². The maximum atomic E-state index is 12.5. The zero-order valence-corrected chi connectivity index (χ0v) is 21.1. The highest BCUT2D eigenvalue weighted by Gasteiger charge is 2.57. The zero-order chi connectivity index (χ0) is 26.0. The Bertz CT molecular complexity index is 971. The van der Waals surface area contributed by atoms with Crippen LogP contribution in [-0.2, 0) is 23.3 Å². The minimum absolute atomic E-state index is 0.0416. The largest absolute Gasteiger partial charge is 0.479 e. The molecule has 36 heavy (non-hydrogen) atoms. The Kier molecular flexibility index (Phi) is 7.93. The predicted molar refractivity (Wildman–Crippen MR) is 131 cm³/mol. The molecule has 4 rings (SSSR count). The summed E-state index contributed by atoms with van der Waals surface area (Å²) in [6.45, 7) is 4.17. The fraction of sp³-hybridized carbons (Fsp3) is 0.652. The third-order valence-electron chi connectivity index (χ3n) is 7.57. The van der Waals surface area contributed by atoms with Crippen LogP contribution in [0.25, 0.3) is 0 Å². The van der Waals surface area contributed by atoms with E-state index in [0.717, 1.165) is 38.9 Å². The first kappa shape index (κ1) is 26.5. The van der Waals surface area contributed by atoms with Crippen molar-refractivity contribution in [3.8, 4) is 0 Å². The van der Waals surface area contributed by atoms with Gasteiger partial charge < -0.3 is 40.0 Å². The van der Waals surface area contributed by atoms with Gasteiger partial charge >= 0.3 is 18.0 Å². The molecule has 2 saturated heterocycles. The highest BCUT2D eigenvalue weighted by atomic mass is 32.2. The van der Waals surface area contributed by atoms with Crippen LogP contribution in [0.4, 0.5) is 4.79 Å². The number of nitrogens with one attached hydrogen (secondary N) is 1. The first-order valence-electron chi connectivity index (χ1n) is 12.1. The van der Waals surface area contributed by atoms with Gasteiger partial charge in [-0.2, -0.15) is 0 Å². The van der Waals surface area contributed by atoms with Crippen LogP contribution in [0, 0.1) is 11.8 Å². The summed E-state index contributed by atoms with van der Waals surface area (Å²) in [4.78, 5) is 52.6. The van der Waals surface area contributed by atoms with Gasteiger partial charge in [0, 0.05) is 63.1 Å². The highest BCUT2D eigenvalue weighted by Crippen LogP contribution is 2.61. The standard InChI is InChI=1S/C23H34N4O8S/c1-34-23(18-6-5-17(20(24)30)36(18)35-19(29)11-16(28)21(31)32)14-3-2-4-15(23)13-26(12-14)9-10-27-8-7-25-22(27)33/h5-6,14-16,28,36H,2-4,7-13H2,1H3,(H2,24,30)(H,25,33)(H,31,32)/t14-,15+,16-,23+/m0/s1. The van der Waals surface area contributed by atoms with E-state index in [4.69, 9.17) is 19.8 Å². The minimum atomic E-state index is -1.95. The molecule has 0 aromatic heterocycles. The van der Waals surface area contributed by atoms with E-state index in [9.17, 15) is 24.3 Å². The van der Waals surface area contributed by atoms with E-state index < -0.39 is 47.1 Å². The third-order valence-corrected chi connectivity index (χ3v) is 9.70. The van der Waals surface area contributed by atoms with Crippen molar-refractivity contribution in [1.29, 1.82) is 0 Å². The Balaban J connectivity index is 1.53. The number of fused-ring (bicyclic) bond motifs is 2.